The highest BCUT2D eigenvalue weighted by Crippen LogP contribution is 2.18. The highest BCUT2D eigenvalue weighted by molar-refractivity contribution is 5.09. The SMILES string of the molecule is CC(N)C1CCCN(CCc2ccncc2)C1. The molecule has 3 nitrogen and oxygen atoms in total. The van der Waals surface area contributed by atoms with E-state index >= 15 is 0 Å². The number of aromatic nitrogens is 1. The Morgan fingerprint density at radius 3 is 2.94 bits per heavy atom. The van der Waals surface area contributed by atoms with Gasteiger partial charge >= 0.3 is 0 Å². The fraction of sp³-hybridized carbons (Fsp3) is 0.643. The minimum atomic E-state index is 0.332. The van der Waals surface area contributed by atoms with Gasteiger partial charge in [-0.2, -0.15) is 0 Å². The molecule has 2 atom stereocenters. The average molecular weight is 233 g/mol. The summed E-state index contributed by atoms with van der Waals surface area (Å²) in [5, 5.41) is 0. The first-order valence-electron chi connectivity index (χ1n) is 6.62. The number of hydrogen-bond acceptors (Lipinski definition) is 3. The Morgan fingerprint density at radius 2 is 2.24 bits per heavy atom. The zero-order valence-electron chi connectivity index (χ0n) is 10.7. The number of hydrogen-bond donors (Lipinski definition) is 1. The van der Waals surface area contributed by atoms with E-state index in [0.29, 0.717) is 12.0 Å². The molecule has 0 radical (unpaired) electrons. The first-order chi connectivity index (χ1) is 8.25. The molecule has 1 aromatic rings. The molecule has 1 aliphatic heterocycles. The molecular formula is C14H23N3. The molecule has 2 N–H and O–H groups in total. The van der Waals surface area contributed by atoms with Crippen molar-refractivity contribution in [3.8, 4) is 0 Å². The second kappa shape index (κ2) is 6.12. The van der Waals surface area contributed by atoms with E-state index in [9.17, 15) is 0 Å². The summed E-state index contributed by atoms with van der Waals surface area (Å²) in [5.74, 6) is 0.682. The lowest BCUT2D eigenvalue weighted by molar-refractivity contribution is 0.162. The van der Waals surface area contributed by atoms with Gasteiger partial charge in [-0.1, -0.05) is 0 Å². The van der Waals surface area contributed by atoms with E-state index in [0.717, 1.165) is 13.0 Å². The van der Waals surface area contributed by atoms with E-state index in [2.05, 4.69) is 28.9 Å². The highest BCUT2D eigenvalue weighted by Gasteiger charge is 2.22. The van der Waals surface area contributed by atoms with Crippen molar-refractivity contribution >= 4 is 0 Å². The lowest BCUT2D eigenvalue weighted by Crippen LogP contribution is -2.43. The van der Waals surface area contributed by atoms with Crippen LogP contribution in [0.2, 0.25) is 0 Å². The predicted octanol–water partition coefficient (Wildman–Crippen LogP) is 1.68. The predicted molar refractivity (Wildman–Crippen MR) is 70.8 cm³/mol. The van der Waals surface area contributed by atoms with Crippen molar-refractivity contribution in [2.45, 2.75) is 32.2 Å². The fourth-order valence-corrected chi connectivity index (χ4v) is 2.56. The molecule has 2 rings (SSSR count). The molecular weight excluding hydrogens is 210 g/mol. The molecule has 17 heavy (non-hydrogen) atoms. The van der Waals surface area contributed by atoms with E-state index in [1.165, 1.54) is 31.5 Å². The van der Waals surface area contributed by atoms with Gasteiger partial charge in [0.2, 0.25) is 0 Å². The van der Waals surface area contributed by atoms with Crippen LogP contribution in [-0.2, 0) is 6.42 Å². The van der Waals surface area contributed by atoms with Crippen LogP contribution in [0.5, 0.6) is 0 Å². The normalized spacial score (nSPS) is 23.5. The Bertz CT molecular complexity index is 323. The molecule has 0 bridgehead atoms. The lowest BCUT2D eigenvalue weighted by atomic mass is 9.92. The van der Waals surface area contributed by atoms with Crippen LogP contribution in [0.1, 0.15) is 25.3 Å². The molecule has 3 heteroatoms. The number of likely N-dealkylation sites (tertiary alicyclic amines) is 1. The summed E-state index contributed by atoms with van der Waals surface area (Å²) >= 11 is 0. The molecule has 1 fully saturated rings. The van der Waals surface area contributed by atoms with Gasteiger partial charge in [-0.25, -0.2) is 0 Å². The zero-order chi connectivity index (χ0) is 12.1. The third-order valence-corrected chi connectivity index (χ3v) is 3.75. The summed E-state index contributed by atoms with van der Waals surface area (Å²) in [6.45, 7) is 5.68. The van der Waals surface area contributed by atoms with E-state index < -0.39 is 0 Å². The van der Waals surface area contributed by atoms with Crippen LogP contribution in [0, 0.1) is 5.92 Å². The summed E-state index contributed by atoms with van der Waals surface area (Å²) in [7, 11) is 0. The number of rotatable bonds is 4. The molecule has 1 saturated heterocycles. The highest BCUT2D eigenvalue weighted by atomic mass is 15.1. The molecule has 0 spiro atoms. The first kappa shape index (κ1) is 12.5. The molecule has 0 aliphatic carbocycles. The van der Waals surface area contributed by atoms with Gasteiger partial charge in [-0.05, 0) is 56.3 Å². The summed E-state index contributed by atoms with van der Waals surface area (Å²) in [5.41, 5.74) is 7.38. The van der Waals surface area contributed by atoms with Gasteiger partial charge in [-0.3, -0.25) is 4.98 Å². The molecule has 1 aromatic heterocycles. The Labute approximate surface area is 104 Å². The minimum Gasteiger partial charge on any atom is -0.328 e. The molecule has 0 amide bonds. The molecule has 2 heterocycles. The Morgan fingerprint density at radius 1 is 1.47 bits per heavy atom. The van der Waals surface area contributed by atoms with Crippen LogP contribution in [0.25, 0.3) is 0 Å². The second-order valence-corrected chi connectivity index (χ2v) is 5.17. The van der Waals surface area contributed by atoms with Gasteiger partial charge in [0.1, 0.15) is 0 Å². The first-order valence-corrected chi connectivity index (χ1v) is 6.62. The topological polar surface area (TPSA) is 42.1 Å². The standard InChI is InChI=1S/C14H23N3/c1-12(15)14-3-2-9-17(11-14)10-6-13-4-7-16-8-5-13/h4-5,7-8,12,14H,2-3,6,9-11,15H2,1H3. The maximum Gasteiger partial charge on any atom is 0.0270 e. The lowest BCUT2D eigenvalue weighted by Gasteiger charge is -2.34. The van der Waals surface area contributed by atoms with Crippen LogP contribution in [-0.4, -0.2) is 35.6 Å². The smallest absolute Gasteiger partial charge is 0.0270 e. The monoisotopic (exact) mass is 233 g/mol. The maximum absolute atomic E-state index is 6.00. The summed E-state index contributed by atoms with van der Waals surface area (Å²) in [6.07, 6.45) is 7.45. The fourth-order valence-electron chi connectivity index (χ4n) is 2.56. The van der Waals surface area contributed by atoms with Crippen molar-refractivity contribution in [3.63, 3.8) is 0 Å². The van der Waals surface area contributed by atoms with E-state index in [-0.39, 0.29) is 0 Å². The van der Waals surface area contributed by atoms with Gasteiger partial charge in [0.15, 0.2) is 0 Å². The third-order valence-electron chi connectivity index (χ3n) is 3.75. The number of pyridine rings is 1. The van der Waals surface area contributed by atoms with E-state index in [4.69, 9.17) is 5.73 Å². The van der Waals surface area contributed by atoms with Crippen molar-refractivity contribution in [1.82, 2.24) is 9.88 Å². The van der Waals surface area contributed by atoms with Gasteiger partial charge < -0.3 is 10.6 Å². The van der Waals surface area contributed by atoms with Crippen LogP contribution in [0.3, 0.4) is 0 Å². The van der Waals surface area contributed by atoms with Crippen LogP contribution >= 0.6 is 0 Å². The van der Waals surface area contributed by atoms with Crippen LogP contribution < -0.4 is 5.73 Å². The van der Waals surface area contributed by atoms with Gasteiger partial charge in [-0.15, -0.1) is 0 Å². The molecule has 2 unspecified atom stereocenters. The number of nitrogens with zero attached hydrogens (tertiary/aromatic N) is 2. The van der Waals surface area contributed by atoms with Crippen molar-refractivity contribution in [2.24, 2.45) is 11.7 Å². The number of piperidine rings is 1. The van der Waals surface area contributed by atoms with E-state index in [1.807, 2.05) is 12.4 Å². The summed E-state index contributed by atoms with van der Waals surface area (Å²) in [6, 6.07) is 4.54. The Balaban J connectivity index is 1.79. The van der Waals surface area contributed by atoms with E-state index in [1.54, 1.807) is 0 Å². The zero-order valence-corrected chi connectivity index (χ0v) is 10.7. The summed E-state index contributed by atoms with van der Waals surface area (Å²) in [4.78, 5) is 6.60. The molecule has 0 aromatic carbocycles. The van der Waals surface area contributed by atoms with Crippen molar-refractivity contribution < 1.29 is 0 Å². The van der Waals surface area contributed by atoms with Gasteiger partial charge in [0.25, 0.3) is 0 Å². The minimum absolute atomic E-state index is 0.332. The largest absolute Gasteiger partial charge is 0.328 e. The second-order valence-electron chi connectivity index (χ2n) is 5.17. The Kier molecular flexibility index (Phi) is 4.51. The molecule has 94 valence electrons. The Hall–Kier alpha value is -0.930. The van der Waals surface area contributed by atoms with Crippen molar-refractivity contribution in [2.75, 3.05) is 19.6 Å². The average Bonchev–Trinajstić information content (AvgIpc) is 2.38. The van der Waals surface area contributed by atoms with Crippen LogP contribution in [0.4, 0.5) is 0 Å². The van der Waals surface area contributed by atoms with Gasteiger partial charge in [0.05, 0.1) is 0 Å². The molecule has 0 saturated carbocycles. The quantitative estimate of drug-likeness (QED) is 0.860. The third kappa shape index (κ3) is 3.79. The van der Waals surface area contributed by atoms with Gasteiger partial charge in [0, 0.05) is 31.5 Å². The van der Waals surface area contributed by atoms with Crippen molar-refractivity contribution in [3.05, 3.63) is 30.1 Å². The molecule has 1 aliphatic rings. The summed E-state index contributed by atoms with van der Waals surface area (Å²) < 4.78 is 0. The number of nitrogens with two attached hydrogens (primary N) is 1. The van der Waals surface area contributed by atoms with Crippen LogP contribution in [0.15, 0.2) is 24.5 Å². The maximum atomic E-state index is 6.00. The van der Waals surface area contributed by atoms with Crippen molar-refractivity contribution in [1.29, 1.82) is 0 Å².